The van der Waals surface area contributed by atoms with E-state index in [-0.39, 0.29) is 5.92 Å². The van der Waals surface area contributed by atoms with Crippen molar-refractivity contribution >= 4 is 0 Å². The number of ether oxygens (including phenoxy) is 4. The molecule has 0 amide bonds. The van der Waals surface area contributed by atoms with Crippen LogP contribution < -0.4 is 0 Å². The second-order valence-electron chi connectivity index (χ2n) is 10.4. The molecule has 1 fully saturated rings. The lowest BCUT2D eigenvalue weighted by Crippen LogP contribution is -2.63. The summed E-state index contributed by atoms with van der Waals surface area (Å²) in [5.41, 5.74) is 4.20. The minimum absolute atomic E-state index is 0.248. The molecule has 1 aliphatic carbocycles. The van der Waals surface area contributed by atoms with Gasteiger partial charge in [0.1, 0.15) is 18.3 Å². The van der Waals surface area contributed by atoms with E-state index in [2.05, 4.69) is 0 Å². The normalized spacial score (nSPS) is 24.6. The van der Waals surface area contributed by atoms with E-state index in [0.717, 1.165) is 22.3 Å². The molecule has 4 aromatic carbocycles. The van der Waals surface area contributed by atoms with Crippen molar-refractivity contribution in [2.24, 2.45) is 5.92 Å². The summed E-state index contributed by atoms with van der Waals surface area (Å²) in [7, 11) is 0. The van der Waals surface area contributed by atoms with Gasteiger partial charge in [0.05, 0.1) is 38.6 Å². The van der Waals surface area contributed by atoms with Gasteiger partial charge in [0, 0.05) is 5.92 Å². The third kappa shape index (κ3) is 7.45. The van der Waals surface area contributed by atoms with Gasteiger partial charge in [-0.1, -0.05) is 128 Å². The molecule has 1 aliphatic rings. The minimum Gasteiger partial charge on any atom is -0.390 e. The average molecular weight is 539 g/mol. The Labute approximate surface area is 237 Å². The summed E-state index contributed by atoms with van der Waals surface area (Å²) in [4.78, 5) is 0. The van der Waals surface area contributed by atoms with E-state index in [1.54, 1.807) is 0 Å². The molecule has 0 saturated heterocycles. The first kappa shape index (κ1) is 28.2. The number of aliphatic hydroxyl groups is 1. The van der Waals surface area contributed by atoms with Gasteiger partial charge in [-0.25, -0.2) is 0 Å². The second-order valence-corrected chi connectivity index (χ2v) is 10.4. The van der Waals surface area contributed by atoms with Crippen molar-refractivity contribution in [3.63, 3.8) is 0 Å². The maximum Gasteiger partial charge on any atom is 0.115 e. The Morgan fingerprint density at radius 1 is 0.425 bits per heavy atom. The first-order valence-corrected chi connectivity index (χ1v) is 14.0. The van der Waals surface area contributed by atoms with Gasteiger partial charge in [-0.15, -0.1) is 0 Å². The Kier molecular flexibility index (Phi) is 10.1. The van der Waals surface area contributed by atoms with Gasteiger partial charge < -0.3 is 24.1 Å². The molecule has 208 valence electrons. The largest absolute Gasteiger partial charge is 0.390 e. The van der Waals surface area contributed by atoms with Gasteiger partial charge in [-0.3, -0.25) is 0 Å². The van der Waals surface area contributed by atoms with Crippen molar-refractivity contribution in [3.05, 3.63) is 144 Å². The second kappa shape index (κ2) is 14.4. The van der Waals surface area contributed by atoms with E-state index in [4.69, 9.17) is 18.9 Å². The van der Waals surface area contributed by atoms with Gasteiger partial charge in [-0.2, -0.15) is 0 Å². The average Bonchev–Trinajstić information content (AvgIpc) is 3.01. The molecule has 4 aromatic rings. The molecular formula is C35H38O5. The van der Waals surface area contributed by atoms with Gasteiger partial charge >= 0.3 is 0 Å². The van der Waals surface area contributed by atoms with Crippen LogP contribution in [0.2, 0.25) is 0 Å². The van der Waals surface area contributed by atoms with E-state index in [1.807, 2.05) is 128 Å². The van der Waals surface area contributed by atoms with Crippen molar-refractivity contribution in [1.82, 2.24) is 0 Å². The maximum absolute atomic E-state index is 11.6. The van der Waals surface area contributed by atoms with Crippen LogP contribution in [0.4, 0.5) is 0 Å². The first-order chi connectivity index (χ1) is 19.7. The van der Waals surface area contributed by atoms with Crippen LogP contribution in [0.25, 0.3) is 0 Å². The molecule has 5 nitrogen and oxygen atoms in total. The number of hydrogen-bond donors (Lipinski definition) is 1. The summed E-state index contributed by atoms with van der Waals surface area (Å²) in [6.07, 6.45) is -2.83. The van der Waals surface area contributed by atoms with Crippen LogP contribution in [-0.4, -0.2) is 35.6 Å². The van der Waals surface area contributed by atoms with Gasteiger partial charge in [0.2, 0.25) is 0 Å². The Morgan fingerprint density at radius 3 is 1.05 bits per heavy atom. The third-order valence-electron chi connectivity index (χ3n) is 7.51. The van der Waals surface area contributed by atoms with Crippen LogP contribution in [0.1, 0.15) is 29.2 Å². The molecule has 3 unspecified atom stereocenters. The molecular weight excluding hydrogens is 500 g/mol. The van der Waals surface area contributed by atoms with Crippen LogP contribution in [0.5, 0.6) is 0 Å². The van der Waals surface area contributed by atoms with Crippen LogP contribution in [0, 0.1) is 5.92 Å². The molecule has 1 N–H and O–H groups in total. The highest BCUT2D eigenvalue weighted by atomic mass is 16.6. The van der Waals surface area contributed by atoms with Crippen molar-refractivity contribution in [2.75, 3.05) is 0 Å². The molecule has 0 aromatic heterocycles. The van der Waals surface area contributed by atoms with Crippen molar-refractivity contribution < 1.29 is 24.1 Å². The molecule has 0 spiro atoms. The SMILES string of the molecule is CC1C(OCc2ccccc2)[C@@H](OCc2ccccc2)C(OCc2ccccc2)[C@H](OCc2ccccc2)[C@H]1O. The Morgan fingerprint density at radius 2 is 0.700 bits per heavy atom. The van der Waals surface area contributed by atoms with E-state index < -0.39 is 30.5 Å². The van der Waals surface area contributed by atoms with Crippen molar-refractivity contribution in [2.45, 2.75) is 63.9 Å². The van der Waals surface area contributed by atoms with Crippen LogP contribution in [0.3, 0.4) is 0 Å². The van der Waals surface area contributed by atoms with Crippen molar-refractivity contribution in [3.8, 4) is 0 Å². The fraction of sp³-hybridized carbons (Fsp3) is 0.314. The molecule has 0 bridgehead atoms. The zero-order chi connectivity index (χ0) is 27.6. The number of rotatable bonds is 12. The van der Waals surface area contributed by atoms with Crippen LogP contribution in [-0.2, 0) is 45.4 Å². The summed E-state index contributed by atoms with van der Waals surface area (Å²) in [5, 5.41) is 11.6. The fourth-order valence-corrected chi connectivity index (χ4v) is 5.25. The van der Waals surface area contributed by atoms with Crippen molar-refractivity contribution in [1.29, 1.82) is 0 Å². The smallest absolute Gasteiger partial charge is 0.115 e. The lowest BCUT2D eigenvalue weighted by Gasteiger charge is -2.48. The fourth-order valence-electron chi connectivity index (χ4n) is 5.25. The molecule has 6 atom stereocenters. The monoisotopic (exact) mass is 538 g/mol. The zero-order valence-corrected chi connectivity index (χ0v) is 22.9. The summed E-state index contributed by atoms with van der Waals surface area (Å²) >= 11 is 0. The van der Waals surface area contributed by atoms with Crippen LogP contribution in [0.15, 0.2) is 121 Å². The standard InChI is InChI=1S/C35H38O5/c1-26-31(36)33(38-23-28-16-8-3-9-17-28)35(40-25-30-20-12-5-13-21-30)34(39-24-29-18-10-4-11-19-29)32(26)37-22-27-14-6-2-7-15-27/h2-21,26,31-36H,22-25H2,1H3/t26?,31-,32?,33+,34+,35?/m0/s1. The highest BCUT2D eigenvalue weighted by Gasteiger charge is 2.51. The molecule has 5 rings (SSSR count). The minimum atomic E-state index is -0.804. The maximum atomic E-state index is 11.6. The molecule has 0 heterocycles. The Bertz CT molecular complexity index is 1150. The molecule has 5 heteroatoms. The quantitative estimate of drug-likeness (QED) is 0.228. The zero-order valence-electron chi connectivity index (χ0n) is 22.9. The third-order valence-corrected chi connectivity index (χ3v) is 7.51. The first-order valence-electron chi connectivity index (χ1n) is 14.0. The topological polar surface area (TPSA) is 57.2 Å². The highest BCUT2D eigenvalue weighted by molar-refractivity contribution is 5.17. The Balaban J connectivity index is 1.42. The summed E-state index contributed by atoms with van der Waals surface area (Å²) < 4.78 is 26.2. The highest BCUT2D eigenvalue weighted by Crippen LogP contribution is 2.35. The molecule has 0 radical (unpaired) electrons. The molecule has 40 heavy (non-hydrogen) atoms. The van der Waals surface area contributed by atoms with Gasteiger partial charge in [-0.05, 0) is 22.3 Å². The van der Waals surface area contributed by atoms with E-state index in [1.165, 1.54) is 0 Å². The number of benzene rings is 4. The van der Waals surface area contributed by atoms with Gasteiger partial charge in [0.25, 0.3) is 0 Å². The lowest BCUT2D eigenvalue weighted by atomic mass is 9.78. The number of hydrogen-bond acceptors (Lipinski definition) is 5. The van der Waals surface area contributed by atoms with Crippen LogP contribution >= 0.6 is 0 Å². The summed E-state index contributed by atoms with van der Waals surface area (Å²) in [5.74, 6) is -0.248. The number of aliphatic hydroxyl groups excluding tert-OH is 1. The predicted molar refractivity (Wildman–Crippen MR) is 155 cm³/mol. The van der Waals surface area contributed by atoms with E-state index >= 15 is 0 Å². The van der Waals surface area contributed by atoms with E-state index in [0.29, 0.717) is 26.4 Å². The molecule has 1 saturated carbocycles. The van der Waals surface area contributed by atoms with E-state index in [9.17, 15) is 5.11 Å². The predicted octanol–water partition coefficient (Wildman–Crippen LogP) is 6.34. The molecule has 0 aliphatic heterocycles. The van der Waals surface area contributed by atoms with Gasteiger partial charge in [0.15, 0.2) is 0 Å². The lowest BCUT2D eigenvalue weighted by molar-refractivity contribution is -0.258. The Hall–Kier alpha value is -3.32. The summed E-state index contributed by atoms with van der Waals surface area (Å²) in [6.45, 7) is 3.55. The summed E-state index contributed by atoms with van der Waals surface area (Å²) in [6, 6.07) is 40.2.